The van der Waals surface area contributed by atoms with E-state index in [1.54, 1.807) is 30.3 Å². The van der Waals surface area contributed by atoms with Gasteiger partial charge in [0.1, 0.15) is 5.75 Å². The van der Waals surface area contributed by atoms with Crippen LogP contribution in [-0.2, 0) is 14.3 Å². The first-order valence-electron chi connectivity index (χ1n) is 7.75. The van der Waals surface area contributed by atoms with E-state index in [9.17, 15) is 14.4 Å². The molecule has 0 heterocycles. The monoisotopic (exact) mass is 332 g/mol. The van der Waals surface area contributed by atoms with E-state index in [1.807, 2.05) is 6.92 Å². The van der Waals surface area contributed by atoms with Crippen LogP contribution in [0.3, 0.4) is 0 Å². The van der Waals surface area contributed by atoms with Crippen molar-refractivity contribution in [3.8, 4) is 5.75 Å². The normalized spacial score (nSPS) is 13.4. The molecule has 0 bridgehead atoms. The first kappa shape index (κ1) is 17.5. The van der Waals surface area contributed by atoms with Gasteiger partial charge in [-0.2, -0.15) is 0 Å². The summed E-state index contributed by atoms with van der Waals surface area (Å²) in [5, 5.41) is 4.69. The summed E-state index contributed by atoms with van der Waals surface area (Å²) in [6.45, 7) is 1.97. The molecule has 128 valence electrons. The molecule has 7 heteroatoms. The summed E-state index contributed by atoms with van der Waals surface area (Å²) in [4.78, 5) is 34.3. The average molecular weight is 332 g/mol. The first-order valence-corrected chi connectivity index (χ1v) is 7.75. The van der Waals surface area contributed by atoms with Gasteiger partial charge in [0.2, 0.25) is 0 Å². The van der Waals surface area contributed by atoms with Crippen LogP contribution < -0.4 is 15.4 Å². The fourth-order valence-corrected chi connectivity index (χ4v) is 1.80. The van der Waals surface area contributed by atoms with Crippen molar-refractivity contribution < 1.29 is 23.9 Å². The van der Waals surface area contributed by atoms with E-state index in [2.05, 4.69) is 10.6 Å². The number of imide groups is 1. The van der Waals surface area contributed by atoms with Crippen LogP contribution in [0.25, 0.3) is 6.08 Å². The number of rotatable bonds is 7. The number of hydrogen-bond donors (Lipinski definition) is 2. The molecular formula is C17H20N2O5. The lowest BCUT2D eigenvalue weighted by molar-refractivity contribution is -0.143. The zero-order chi connectivity index (χ0) is 17.4. The minimum absolute atomic E-state index is 0.150. The number of hydrogen-bond acceptors (Lipinski definition) is 5. The summed E-state index contributed by atoms with van der Waals surface area (Å²) >= 11 is 0. The van der Waals surface area contributed by atoms with Crippen molar-refractivity contribution in [3.05, 3.63) is 35.9 Å². The topological polar surface area (TPSA) is 93.7 Å². The van der Waals surface area contributed by atoms with Crippen LogP contribution in [0, 0.1) is 0 Å². The number of amides is 3. The average Bonchev–Trinajstić information content (AvgIpc) is 3.36. The summed E-state index contributed by atoms with van der Waals surface area (Å²) in [6.07, 6.45) is 4.63. The Balaban J connectivity index is 1.69. The standard InChI is InChI=1S/C17H20N2O5/c1-2-23-14-8-3-12(4-9-14)5-10-16(21)24-11-15(20)19-17(22)18-13-6-7-13/h3-5,8-10,13H,2,6-7,11H2,1H3,(H2,18,19,20,22)/b10-5+. The third kappa shape index (κ3) is 6.51. The van der Waals surface area contributed by atoms with Gasteiger partial charge >= 0.3 is 12.0 Å². The Morgan fingerprint density at radius 3 is 2.54 bits per heavy atom. The predicted octanol–water partition coefficient (Wildman–Crippen LogP) is 1.63. The van der Waals surface area contributed by atoms with E-state index in [-0.39, 0.29) is 6.04 Å². The number of carbonyl (C=O) groups excluding carboxylic acids is 3. The maximum atomic E-state index is 11.5. The minimum atomic E-state index is -0.670. The van der Waals surface area contributed by atoms with Gasteiger partial charge in [-0.05, 0) is 43.5 Å². The lowest BCUT2D eigenvalue weighted by Gasteiger charge is -2.05. The second-order valence-corrected chi connectivity index (χ2v) is 5.24. The third-order valence-electron chi connectivity index (χ3n) is 3.11. The lowest BCUT2D eigenvalue weighted by Crippen LogP contribution is -2.42. The first-order chi connectivity index (χ1) is 11.6. The Kier molecular flexibility index (Phi) is 6.36. The largest absolute Gasteiger partial charge is 0.494 e. The van der Waals surface area contributed by atoms with Crippen LogP contribution in [0.5, 0.6) is 5.75 Å². The second kappa shape index (κ2) is 8.71. The van der Waals surface area contributed by atoms with Gasteiger partial charge in [-0.25, -0.2) is 9.59 Å². The molecule has 1 aliphatic carbocycles. The van der Waals surface area contributed by atoms with Gasteiger partial charge < -0.3 is 14.8 Å². The molecule has 0 saturated heterocycles. The van der Waals surface area contributed by atoms with E-state index in [4.69, 9.17) is 9.47 Å². The highest BCUT2D eigenvalue weighted by molar-refractivity contribution is 5.96. The van der Waals surface area contributed by atoms with Crippen molar-refractivity contribution in [1.29, 1.82) is 0 Å². The number of esters is 1. The lowest BCUT2D eigenvalue weighted by atomic mass is 10.2. The zero-order valence-electron chi connectivity index (χ0n) is 13.4. The summed E-state index contributed by atoms with van der Waals surface area (Å²) in [5.74, 6) is -0.587. The van der Waals surface area contributed by atoms with E-state index in [1.165, 1.54) is 6.08 Å². The zero-order valence-corrected chi connectivity index (χ0v) is 13.4. The number of urea groups is 1. The number of nitrogens with one attached hydrogen (secondary N) is 2. The van der Waals surface area contributed by atoms with Crippen LogP contribution in [0.15, 0.2) is 30.3 Å². The molecule has 1 fully saturated rings. The highest BCUT2D eigenvalue weighted by Crippen LogP contribution is 2.18. The van der Waals surface area contributed by atoms with Gasteiger partial charge in [-0.15, -0.1) is 0 Å². The Labute approximate surface area is 140 Å². The van der Waals surface area contributed by atoms with Crippen LogP contribution in [0.2, 0.25) is 0 Å². The third-order valence-corrected chi connectivity index (χ3v) is 3.11. The van der Waals surface area contributed by atoms with Crippen molar-refractivity contribution in [2.45, 2.75) is 25.8 Å². The molecule has 0 spiro atoms. The van der Waals surface area contributed by atoms with Crippen LogP contribution in [0.1, 0.15) is 25.3 Å². The molecule has 7 nitrogen and oxygen atoms in total. The van der Waals surface area contributed by atoms with Crippen molar-refractivity contribution >= 4 is 24.0 Å². The molecular weight excluding hydrogens is 312 g/mol. The molecule has 24 heavy (non-hydrogen) atoms. The summed E-state index contributed by atoms with van der Waals surface area (Å²) < 4.78 is 10.1. The van der Waals surface area contributed by atoms with Gasteiger partial charge in [-0.3, -0.25) is 10.1 Å². The van der Waals surface area contributed by atoms with Crippen LogP contribution >= 0.6 is 0 Å². The van der Waals surface area contributed by atoms with Crippen LogP contribution in [0.4, 0.5) is 4.79 Å². The van der Waals surface area contributed by atoms with E-state index in [0.717, 1.165) is 24.2 Å². The minimum Gasteiger partial charge on any atom is -0.494 e. The molecule has 1 aromatic carbocycles. The van der Waals surface area contributed by atoms with E-state index < -0.39 is 24.5 Å². The van der Waals surface area contributed by atoms with Crippen molar-refractivity contribution in [2.24, 2.45) is 0 Å². The molecule has 0 aromatic heterocycles. The second-order valence-electron chi connectivity index (χ2n) is 5.24. The number of benzene rings is 1. The fraction of sp³-hybridized carbons (Fsp3) is 0.353. The quantitative estimate of drug-likeness (QED) is 0.585. The summed E-state index contributed by atoms with van der Waals surface area (Å²) in [5.41, 5.74) is 0.795. The molecule has 3 amide bonds. The summed E-state index contributed by atoms with van der Waals surface area (Å²) in [7, 11) is 0. The number of ether oxygens (including phenoxy) is 2. The Morgan fingerprint density at radius 2 is 1.92 bits per heavy atom. The van der Waals surface area contributed by atoms with Gasteiger partial charge in [0.15, 0.2) is 6.61 Å². The molecule has 2 rings (SSSR count). The van der Waals surface area contributed by atoms with E-state index >= 15 is 0 Å². The fourth-order valence-electron chi connectivity index (χ4n) is 1.80. The van der Waals surface area contributed by atoms with Gasteiger partial charge in [-0.1, -0.05) is 12.1 Å². The molecule has 0 radical (unpaired) electrons. The SMILES string of the molecule is CCOc1ccc(/C=C/C(=O)OCC(=O)NC(=O)NC2CC2)cc1. The molecule has 0 aliphatic heterocycles. The molecule has 1 saturated carbocycles. The maximum absolute atomic E-state index is 11.5. The van der Waals surface area contributed by atoms with Crippen molar-refractivity contribution in [3.63, 3.8) is 0 Å². The highest BCUT2D eigenvalue weighted by atomic mass is 16.5. The van der Waals surface area contributed by atoms with Crippen molar-refractivity contribution in [2.75, 3.05) is 13.2 Å². The highest BCUT2D eigenvalue weighted by Gasteiger charge is 2.23. The molecule has 0 atom stereocenters. The van der Waals surface area contributed by atoms with Crippen LogP contribution in [-0.4, -0.2) is 37.2 Å². The predicted molar refractivity (Wildman–Crippen MR) is 87.3 cm³/mol. The molecule has 1 aromatic rings. The number of carbonyl (C=O) groups is 3. The molecule has 0 unspecified atom stereocenters. The Bertz CT molecular complexity index is 620. The maximum Gasteiger partial charge on any atom is 0.331 e. The molecule has 2 N–H and O–H groups in total. The van der Waals surface area contributed by atoms with Crippen molar-refractivity contribution in [1.82, 2.24) is 10.6 Å². The van der Waals surface area contributed by atoms with E-state index in [0.29, 0.717) is 6.61 Å². The van der Waals surface area contributed by atoms with Gasteiger partial charge in [0.05, 0.1) is 6.61 Å². The van der Waals surface area contributed by atoms with Gasteiger partial charge in [0, 0.05) is 12.1 Å². The summed E-state index contributed by atoms with van der Waals surface area (Å²) in [6, 6.07) is 6.76. The Hall–Kier alpha value is -2.83. The van der Waals surface area contributed by atoms with Gasteiger partial charge in [0.25, 0.3) is 5.91 Å². The molecule has 1 aliphatic rings. The Morgan fingerprint density at radius 1 is 1.21 bits per heavy atom. The smallest absolute Gasteiger partial charge is 0.331 e.